The zero-order chi connectivity index (χ0) is 20.2. The van der Waals surface area contributed by atoms with E-state index in [9.17, 15) is 10.1 Å². The maximum Gasteiger partial charge on any atom is 0.271 e. The van der Waals surface area contributed by atoms with Gasteiger partial charge in [-0.15, -0.1) is 0 Å². The van der Waals surface area contributed by atoms with Gasteiger partial charge in [0.2, 0.25) is 0 Å². The van der Waals surface area contributed by atoms with Crippen LogP contribution >= 0.6 is 0 Å². The van der Waals surface area contributed by atoms with E-state index in [0.29, 0.717) is 11.5 Å². The van der Waals surface area contributed by atoms with Crippen molar-refractivity contribution in [2.24, 2.45) is 23.2 Å². The SMILES string of the molecule is CC(Nc1cc([N+](=O)[O-])ccc1N1CCN(C)CC1)C12CC3CC(CC(C3)C1)C2. The third-order valence-electron chi connectivity index (χ3n) is 8.41. The second-order valence-electron chi connectivity index (χ2n) is 10.4. The second kappa shape index (κ2) is 7.15. The van der Waals surface area contributed by atoms with Gasteiger partial charge in [-0.3, -0.25) is 10.1 Å². The van der Waals surface area contributed by atoms with Crippen LogP contribution in [0.4, 0.5) is 17.1 Å². The molecule has 29 heavy (non-hydrogen) atoms. The molecule has 0 aromatic heterocycles. The Morgan fingerprint density at radius 1 is 1.07 bits per heavy atom. The minimum absolute atomic E-state index is 0.183. The van der Waals surface area contributed by atoms with Crippen LogP contribution in [0.5, 0.6) is 0 Å². The Labute approximate surface area is 173 Å². The average Bonchev–Trinajstić information content (AvgIpc) is 2.67. The van der Waals surface area contributed by atoms with E-state index < -0.39 is 0 Å². The van der Waals surface area contributed by atoms with Crippen molar-refractivity contribution in [3.05, 3.63) is 28.3 Å². The van der Waals surface area contributed by atoms with E-state index in [1.54, 1.807) is 12.1 Å². The third-order valence-corrected chi connectivity index (χ3v) is 8.41. The van der Waals surface area contributed by atoms with Crippen molar-refractivity contribution in [2.45, 2.75) is 51.5 Å². The number of nitrogens with one attached hydrogen (secondary N) is 1. The normalized spacial score (nSPS) is 35.0. The first-order chi connectivity index (χ1) is 13.9. The van der Waals surface area contributed by atoms with Crippen LogP contribution in [0.2, 0.25) is 0 Å². The lowest BCUT2D eigenvalue weighted by Gasteiger charge is -2.59. The van der Waals surface area contributed by atoms with Crippen LogP contribution in [0.15, 0.2) is 18.2 Å². The molecular weight excluding hydrogens is 364 g/mol. The Kier molecular flexibility index (Phi) is 4.72. The minimum atomic E-state index is -0.270. The number of piperazine rings is 1. The highest BCUT2D eigenvalue weighted by Crippen LogP contribution is 2.61. The summed E-state index contributed by atoms with van der Waals surface area (Å²) >= 11 is 0. The maximum absolute atomic E-state index is 11.4. The number of hydrogen-bond donors (Lipinski definition) is 1. The summed E-state index contributed by atoms with van der Waals surface area (Å²) in [5.74, 6) is 2.73. The van der Waals surface area contributed by atoms with E-state index in [-0.39, 0.29) is 10.6 Å². The zero-order valence-electron chi connectivity index (χ0n) is 17.8. The predicted octanol–water partition coefficient (Wildman–Crippen LogP) is 4.36. The van der Waals surface area contributed by atoms with Gasteiger partial charge in [-0.25, -0.2) is 0 Å². The molecule has 1 aromatic rings. The van der Waals surface area contributed by atoms with Crippen LogP contribution in [-0.4, -0.2) is 49.1 Å². The van der Waals surface area contributed by atoms with Crippen LogP contribution in [0.25, 0.3) is 0 Å². The van der Waals surface area contributed by atoms with E-state index in [4.69, 9.17) is 0 Å². The molecule has 4 saturated carbocycles. The summed E-state index contributed by atoms with van der Waals surface area (Å²) in [6, 6.07) is 5.74. The standard InChI is InChI=1S/C23H34N4O2/c1-16(23-13-17-9-18(14-23)11-19(10-17)15-23)24-21-12-20(27(28)29)3-4-22(21)26-7-5-25(2)6-8-26/h3-4,12,16-19,24H,5-11,13-15H2,1-2H3. The fourth-order valence-corrected chi connectivity index (χ4v) is 7.17. The monoisotopic (exact) mass is 398 g/mol. The molecule has 5 fully saturated rings. The molecule has 6 rings (SSSR count). The van der Waals surface area contributed by atoms with Crippen molar-refractivity contribution in [3.63, 3.8) is 0 Å². The molecule has 1 saturated heterocycles. The molecule has 1 aliphatic heterocycles. The Morgan fingerprint density at radius 3 is 2.21 bits per heavy atom. The maximum atomic E-state index is 11.4. The zero-order valence-corrected chi connectivity index (χ0v) is 17.8. The van der Waals surface area contributed by atoms with Crippen LogP contribution in [0.3, 0.4) is 0 Å². The average molecular weight is 399 g/mol. The quantitative estimate of drug-likeness (QED) is 0.590. The van der Waals surface area contributed by atoms with Gasteiger partial charge in [-0.2, -0.15) is 0 Å². The summed E-state index contributed by atoms with van der Waals surface area (Å²) in [6.45, 7) is 6.32. The smallest absolute Gasteiger partial charge is 0.271 e. The van der Waals surface area contributed by atoms with Crippen LogP contribution in [-0.2, 0) is 0 Å². The number of likely N-dealkylation sites (N-methyl/N-ethyl adjacent to an activating group) is 1. The van der Waals surface area contributed by atoms with Crippen LogP contribution < -0.4 is 10.2 Å². The number of non-ortho nitro benzene ring substituents is 1. The Morgan fingerprint density at radius 2 is 1.66 bits per heavy atom. The molecule has 1 aromatic carbocycles. The van der Waals surface area contributed by atoms with E-state index in [0.717, 1.165) is 55.3 Å². The van der Waals surface area contributed by atoms with E-state index >= 15 is 0 Å². The summed E-state index contributed by atoms with van der Waals surface area (Å²) in [4.78, 5) is 15.9. The molecule has 6 heteroatoms. The van der Waals surface area contributed by atoms with Crippen molar-refractivity contribution in [2.75, 3.05) is 43.4 Å². The third kappa shape index (κ3) is 3.49. The number of nitrogens with zero attached hydrogens (tertiary/aromatic N) is 3. The largest absolute Gasteiger partial charge is 0.380 e. The van der Waals surface area contributed by atoms with E-state index in [2.05, 4.69) is 29.1 Å². The number of nitro groups is 1. The van der Waals surface area contributed by atoms with Gasteiger partial charge in [0.1, 0.15) is 0 Å². The summed E-state index contributed by atoms with van der Waals surface area (Å²) < 4.78 is 0. The Balaban J connectivity index is 1.42. The molecule has 0 amide bonds. The fraction of sp³-hybridized carbons (Fsp3) is 0.739. The molecule has 4 bridgehead atoms. The van der Waals surface area contributed by atoms with Gasteiger partial charge in [-0.1, -0.05) is 0 Å². The molecule has 0 spiro atoms. The predicted molar refractivity (Wildman–Crippen MR) is 116 cm³/mol. The van der Waals surface area contributed by atoms with Crippen molar-refractivity contribution in [1.29, 1.82) is 0 Å². The molecule has 1 atom stereocenters. The number of hydrogen-bond acceptors (Lipinski definition) is 5. The molecule has 158 valence electrons. The molecule has 6 nitrogen and oxygen atoms in total. The van der Waals surface area contributed by atoms with Crippen molar-refractivity contribution in [1.82, 2.24) is 4.90 Å². The summed E-state index contributed by atoms with van der Waals surface area (Å²) in [6.07, 6.45) is 8.34. The number of anilines is 2. The first-order valence-electron chi connectivity index (χ1n) is 11.4. The van der Waals surface area contributed by atoms with Gasteiger partial charge >= 0.3 is 0 Å². The lowest BCUT2D eigenvalue weighted by molar-refractivity contribution is -0.384. The van der Waals surface area contributed by atoms with Gasteiger partial charge in [0.15, 0.2) is 0 Å². The topological polar surface area (TPSA) is 61.7 Å². The highest BCUT2D eigenvalue weighted by atomic mass is 16.6. The first kappa shape index (κ1) is 19.2. The van der Waals surface area contributed by atoms with Crippen molar-refractivity contribution in [3.8, 4) is 0 Å². The highest BCUT2D eigenvalue weighted by Gasteiger charge is 2.53. The molecular formula is C23H34N4O2. The first-order valence-corrected chi connectivity index (χ1v) is 11.4. The van der Waals surface area contributed by atoms with Gasteiger partial charge in [-0.05, 0) is 81.7 Å². The second-order valence-corrected chi connectivity index (χ2v) is 10.4. The van der Waals surface area contributed by atoms with Gasteiger partial charge in [0, 0.05) is 44.4 Å². The highest BCUT2D eigenvalue weighted by molar-refractivity contribution is 5.73. The van der Waals surface area contributed by atoms with Gasteiger partial charge < -0.3 is 15.1 Å². The Hall–Kier alpha value is -1.82. The van der Waals surface area contributed by atoms with Gasteiger partial charge in [0.05, 0.1) is 16.3 Å². The molecule has 4 aliphatic carbocycles. The lowest BCUT2D eigenvalue weighted by atomic mass is 9.48. The summed E-state index contributed by atoms with van der Waals surface area (Å²) in [5.41, 5.74) is 2.63. The number of benzene rings is 1. The molecule has 5 aliphatic rings. The van der Waals surface area contributed by atoms with Crippen molar-refractivity contribution >= 4 is 17.1 Å². The van der Waals surface area contributed by atoms with Crippen LogP contribution in [0, 0.1) is 33.3 Å². The number of nitro benzene ring substituents is 1. The van der Waals surface area contributed by atoms with E-state index in [1.807, 2.05) is 6.07 Å². The van der Waals surface area contributed by atoms with E-state index in [1.165, 1.54) is 38.5 Å². The summed E-state index contributed by atoms with van der Waals surface area (Å²) in [5, 5.41) is 15.3. The molecule has 1 heterocycles. The molecule has 1 unspecified atom stereocenters. The molecule has 1 N–H and O–H groups in total. The van der Waals surface area contributed by atoms with Gasteiger partial charge in [0.25, 0.3) is 5.69 Å². The Bertz CT molecular complexity index is 752. The number of rotatable bonds is 5. The lowest BCUT2D eigenvalue weighted by Crippen LogP contribution is -2.53. The van der Waals surface area contributed by atoms with Crippen LogP contribution in [0.1, 0.15) is 45.4 Å². The van der Waals surface area contributed by atoms with Crippen molar-refractivity contribution < 1.29 is 4.92 Å². The molecule has 0 radical (unpaired) electrons. The summed E-state index contributed by atoms with van der Waals surface area (Å²) in [7, 11) is 2.15. The minimum Gasteiger partial charge on any atom is -0.380 e. The fourth-order valence-electron chi connectivity index (χ4n) is 7.17.